The zero-order valence-electron chi connectivity index (χ0n) is 21.0. The second-order valence-corrected chi connectivity index (χ2v) is 8.68. The molecule has 3 rings (SSSR count). The molecule has 38 heavy (non-hydrogen) atoms. The standard InChI is InChI=1S/C21H29N7O3.C2HF3O2/c1-15-6-10-27(18(29)5-9-23)12-17(15)26(2)20-16-7-11-28(21(16)25-13-24-20)14-31-19(30)4-3-8-22;3-2(4,5)1(6)7/h7,11,13,15,17H,3-6,8,10,12,14,22H2,1-2H3;(H,6,7)/t15-,17+;/m1./s1. The van der Waals surface area contributed by atoms with Crippen molar-refractivity contribution in [3.63, 3.8) is 0 Å². The van der Waals surface area contributed by atoms with Gasteiger partial charge in [0.15, 0.2) is 6.73 Å². The molecule has 0 aromatic carbocycles. The number of likely N-dealkylation sites (tertiary alicyclic amines) is 1. The average molecular weight is 542 g/mol. The van der Waals surface area contributed by atoms with Gasteiger partial charge >= 0.3 is 18.1 Å². The molecule has 2 atom stereocenters. The monoisotopic (exact) mass is 541 g/mol. The number of carbonyl (C=O) groups excluding carboxylic acids is 2. The number of nitriles is 1. The molecule has 0 aliphatic carbocycles. The van der Waals surface area contributed by atoms with Gasteiger partial charge in [0.1, 0.15) is 24.2 Å². The summed E-state index contributed by atoms with van der Waals surface area (Å²) in [5.41, 5.74) is 6.10. The zero-order chi connectivity index (χ0) is 28.5. The number of alkyl halides is 3. The van der Waals surface area contributed by atoms with Gasteiger partial charge in [-0.15, -0.1) is 0 Å². The summed E-state index contributed by atoms with van der Waals surface area (Å²) in [6.45, 7) is 3.89. The molecule has 0 saturated carbocycles. The van der Waals surface area contributed by atoms with Gasteiger partial charge in [0.25, 0.3) is 0 Å². The fourth-order valence-electron chi connectivity index (χ4n) is 3.95. The maximum absolute atomic E-state index is 12.2. The molecule has 2 aromatic heterocycles. The topological polar surface area (TPSA) is 168 Å². The predicted octanol–water partition coefficient (Wildman–Crippen LogP) is 1.89. The van der Waals surface area contributed by atoms with Crippen LogP contribution in [0.25, 0.3) is 11.0 Å². The summed E-state index contributed by atoms with van der Waals surface area (Å²) in [7, 11) is 1.96. The quantitative estimate of drug-likeness (QED) is 0.471. The van der Waals surface area contributed by atoms with Crippen LogP contribution in [0.3, 0.4) is 0 Å². The van der Waals surface area contributed by atoms with Crippen LogP contribution < -0.4 is 10.6 Å². The highest BCUT2D eigenvalue weighted by Crippen LogP contribution is 2.29. The highest BCUT2D eigenvalue weighted by atomic mass is 19.4. The number of nitrogens with zero attached hydrogens (tertiary/aromatic N) is 6. The number of carboxylic acid groups (broad SMARTS) is 1. The third kappa shape index (κ3) is 8.04. The molecule has 208 valence electrons. The maximum atomic E-state index is 12.2. The minimum atomic E-state index is -5.08. The van der Waals surface area contributed by atoms with E-state index in [1.54, 1.807) is 9.47 Å². The van der Waals surface area contributed by atoms with Crippen LogP contribution in [0.5, 0.6) is 0 Å². The van der Waals surface area contributed by atoms with Crippen molar-refractivity contribution in [1.82, 2.24) is 19.4 Å². The van der Waals surface area contributed by atoms with E-state index in [4.69, 9.17) is 25.6 Å². The number of carbonyl (C=O) groups is 3. The smallest absolute Gasteiger partial charge is 0.475 e. The molecule has 1 aliphatic rings. The molecular weight excluding hydrogens is 511 g/mol. The van der Waals surface area contributed by atoms with Gasteiger partial charge < -0.3 is 25.4 Å². The van der Waals surface area contributed by atoms with Crippen LogP contribution in [0, 0.1) is 17.2 Å². The number of nitrogens with two attached hydrogens (primary N) is 1. The van der Waals surface area contributed by atoms with Crippen LogP contribution in [0.1, 0.15) is 32.6 Å². The van der Waals surface area contributed by atoms with Crippen LogP contribution in [0.15, 0.2) is 18.6 Å². The first-order valence-corrected chi connectivity index (χ1v) is 11.7. The van der Waals surface area contributed by atoms with Gasteiger partial charge in [-0.2, -0.15) is 18.4 Å². The lowest BCUT2D eigenvalue weighted by Crippen LogP contribution is -2.52. The Morgan fingerprint density at radius 1 is 1.34 bits per heavy atom. The van der Waals surface area contributed by atoms with Gasteiger partial charge in [0.05, 0.1) is 17.5 Å². The highest BCUT2D eigenvalue weighted by molar-refractivity contribution is 5.88. The van der Waals surface area contributed by atoms with Crippen molar-refractivity contribution in [3.05, 3.63) is 18.6 Å². The van der Waals surface area contributed by atoms with E-state index in [0.29, 0.717) is 44.0 Å². The summed E-state index contributed by atoms with van der Waals surface area (Å²) in [4.78, 5) is 45.6. The first-order chi connectivity index (χ1) is 17.9. The van der Waals surface area contributed by atoms with Crippen LogP contribution in [-0.2, 0) is 25.9 Å². The van der Waals surface area contributed by atoms with Crippen molar-refractivity contribution in [3.8, 4) is 6.07 Å². The molecule has 1 amide bonds. The molecule has 0 radical (unpaired) electrons. The average Bonchev–Trinajstić information content (AvgIpc) is 3.29. The van der Waals surface area contributed by atoms with Crippen molar-refractivity contribution in [2.24, 2.45) is 11.7 Å². The van der Waals surface area contributed by atoms with E-state index in [9.17, 15) is 22.8 Å². The Bertz CT molecular complexity index is 1160. The number of likely N-dealkylation sites (N-methyl/N-ethyl adjacent to an activating group) is 1. The number of amides is 1. The molecule has 0 bridgehead atoms. The number of aromatic nitrogens is 3. The normalized spacial score (nSPS) is 17.2. The van der Waals surface area contributed by atoms with Crippen LogP contribution in [-0.4, -0.2) is 81.3 Å². The molecule has 3 N–H and O–H groups in total. The minimum absolute atomic E-state index is 0.0620. The molecular formula is C23H30F3N7O5. The lowest BCUT2D eigenvalue weighted by atomic mass is 9.92. The number of carboxylic acids is 1. The molecule has 1 aliphatic heterocycles. The molecule has 1 fully saturated rings. The third-order valence-electron chi connectivity index (χ3n) is 6.06. The van der Waals surface area contributed by atoms with E-state index in [2.05, 4.69) is 21.8 Å². The number of aliphatic carboxylic acids is 1. The van der Waals surface area contributed by atoms with Gasteiger partial charge in [-0.25, -0.2) is 14.8 Å². The number of ether oxygens (including phenoxy) is 1. The van der Waals surface area contributed by atoms with E-state index in [1.165, 1.54) is 6.33 Å². The molecule has 12 nitrogen and oxygen atoms in total. The first-order valence-electron chi connectivity index (χ1n) is 11.7. The number of hydrogen-bond donors (Lipinski definition) is 2. The van der Waals surface area contributed by atoms with E-state index < -0.39 is 12.1 Å². The van der Waals surface area contributed by atoms with Gasteiger partial charge in [0, 0.05) is 32.8 Å². The van der Waals surface area contributed by atoms with Gasteiger partial charge in [-0.05, 0) is 31.4 Å². The number of piperidine rings is 1. The van der Waals surface area contributed by atoms with Crippen LogP contribution >= 0.6 is 0 Å². The Kier molecular flexibility index (Phi) is 10.8. The van der Waals surface area contributed by atoms with Crippen molar-refractivity contribution in [1.29, 1.82) is 5.26 Å². The van der Waals surface area contributed by atoms with Gasteiger partial charge in [-0.3, -0.25) is 14.2 Å². The molecule has 15 heteroatoms. The van der Waals surface area contributed by atoms with E-state index >= 15 is 0 Å². The van der Waals surface area contributed by atoms with Crippen molar-refractivity contribution in [2.75, 3.05) is 31.6 Å². The summed E-state index contributed by atoms with van der Waals surface area (Å²) >= 11 is 0. The van der Waals surface area contributed by atoms with Crippen molar-refractivity contribution >= 4 is 34.7 Å². The Labute approximate surface area is 216 Å². The number of rotatable bonds is 8. The maximum Gasteiger partial charge on any atom is 0.490 e. The van der Waals surface area contributed by atoms with E-state index in [1.807, 2.05) is 25.4 Å². The Morgan fingerprint density at radius 3 is 2.63 bits per heavy atom. The molecule has 0 unspecified atom stereocenters. The number of esters is 1. The summed E-state index contributed by atoms with van der Waals surface area (Å²) in [6, 6.07) is 3.91. The Balaban J connectivity index is 0.000000638. The highest BCUT2D eigenvalue weighted by Gasteiger charge is 2.38. The van der Waals surface area contributed by atoms with E-state index in [-0.39, 0.29) is 31.1 Å². The van der Waals surface area contributed by atoms with Gasteiger partial charge in [-0.1, -0.05) is 6.92 Å². The first kappa shape index (κ1) is 30.3. The second-order valence-electron chi connectivity index (χ2n) is 8.68. The zero-order valence-corrected chi connectivity index (χ0v) is 21.0. The summed E-state index contributed by atoms with van der Waals surface area (Å²) in [6.07, 6.45) is -0.127. The Hall–Kier alpha value is -3.93. The lowest BCUT2D eigenvalue weighted by Gasteiger charge is -2.42. The number of fused-ring (bicyclic) bond motifs is 1. The van der Waals surface area contributed by atoms with E-state index in [0.717, 1.165) is 17.6 Å². The second kappa shape index (κ2) is 13.6. The predicted molar refractivity (Wildman–Crippen MR) is 128 cm³/mol. The fourth-order valence-corrected chi connectivity index (χ4v) is 3.95. The summed E-state index contributed by atoms with van der Waals surface area (Å²) in [5.74, 6) is -2.08. The number of anilines is 1. The molecule has 3 heterocycles. The van der Waals surface area contributed by atoms with Crippen molar-refractivity contribution < 1.29 is 37.4 Å². The summed E-state index contributed by atoms with van der Waals surface area (Å²) < 4.78 is 38.8. The minimum Gasteiger partial charge on any atom is -0.475 e. The van der Waals surface area contributed by atoms with Crippen LogP contribution in [0.4, 0.5) is 19.0 Å². The molecule has 0 spiro atoms. The van der Waals surface area contributed by atoms with Crippen molar-refractivity contribution in [2.45, 2.75) is 51.6 Å². The SMILES string of the molecule is C[C@@H]1CCN(C(=O)CC#N)C[C@@H]1N(C)c1ncnc2c1ccn2COC(=O)CCCN.O=C(O)C(F)(F)F. The van der Waals surface area contributed by atoms with Gasteiger partial charge in [0.2, 0.25) is 5.91 Å². The molecule has 2 aromatic rings. The molecule has 1 saturated heterocycles. The Morgan fingerprint density at radius 2 is 2.03 bits per heavy atom. The lowest BCUT2D eigenvalue weighted by molar-refractivity contribution is -0.192. The fraction of sp³-hybridized carbons (Fsp3) is 0.565. The number of hydrogen-bond acceptors (Lipinski definition) is 9. The summed E-state index contributed by atoms with van der Waals surface area (Å²) in [5, 5.41) is 16.8. The third-order valence-corrected chi connectivity index (χ3v) is 6.06. The number of halogens is 3. The van der Waals surface area contributed by atoms with Crippen LogP contribution in [0.2, 0.25) is 0 Å². The largest absolute Gasteiger partial charge is 0.490 e.